The lowest BCUT2D eigenvalue weighted by Gasteiger charge is -2.06. The van der Waals surface area contributed by atoms with E-state index in [1.54, 1.807) is 24.4 Å². The van der Waals surface area contributed by atoms with Crippen LogP contribution in [0.5, 0.6) is 0 Å². The molecule has 1 aromatic carbocycles. The summed E-state index contributed by atoms with van der Waals surface area (Å²) in [6.07, 6.45) is 1.65. The molecule has 0 aliphatic heterocycles. The fourth-order valence-electron chi connectivity index (χ4n) is 1.31. The molecule has 0 saturated heterocycles. The molecule has 0 radical (unpaired) electrons. The molecule has 6 heteroatoms. The molecule has 0 saturated carbocycles. The van der Waals surface area contributed by atoms with Gasteiger partial charge >= 0.3 is 5.97 Å². The van der Waals surface area contributed by atoms with Crippen LogP contribution in [0.15, 0.2) is 50.9 Å². The number of aromatic nitrogens is 1. The Labute approximate surface area is 121 Å². The zero-order valence-corrected chi connectivity index (χ0v) is 12.1. The standard InChI is InChI=1S/C12H7BrClNO2S/c13-9-2-1-5-15-11(9)18-10-6-7(14)3-4-8(10)12(16)17/h1-6H,(H,16,17). The van der Waals surface area contributed by atoms with Crippen molar-refractivity contribution in [1.82, 2.24) is 4.98 Å². The third-order valence-electron chi connectivity index (χ3n) is 2.11. The van der Waals surface area contributed by atoms with E-state index < -0.39 is 5.97 Å². The second kappa shape index (κ2) is 5.73. The summed E-state index contributed by atoms with van der Waals surface area (Å²) in [6, 6.07) is 8.31. The fourth-order valence-corrected chi connectivity index (χ4v) is 2.98. The Morgan fingerprint density at radius 3 is 2.83 bits per heavy atom. The largest absolute Gasteiger partial charge is 0.478 e. The number of carboxylic acids is 1. The van der Waals surface area contributed by atoms with Crippen LogP contribution in [-0.4, -0.2) is 16.1 Å². The van der Waals surface area contributed by atoms with Crippen LogP contribution in [0.1, 0.15) is 10.4 Å². The summed E-state index contributed by atoms with van der Waals surface area (Å²) in [5, 5.41) is 10.3. The minimum absolute atomic E-state index is 0.210. The van der Waals surface area contributed by atoms with Gasteiger partial charge in [0, 0.05) is 16.1 Å². The molecule has 2 aromatic rings. The summed E-state index contributed by atoms with van der Waals surface area (Å²) >= 11 is 10.5. The molecule has 0 aliphatic carbocycles. The molecule has 0 spiro atoms. The Hall–Kier alpha value is -1.04. The normalized spacial score (nSPS) is 10.3. The Bertz CT molecular complexity index is 606. The number of hydrogen-bond donors (Lipinski definition) is 1. The maximum atomic E-state index is 11.1. The lowest BCUT2D eigenvalue weighted by atomic mass is 10.2. The van der Waals surface area contributed by atoms with E-state index in [9.17, 15) is 4.79 Å². The Kier molecular flexibility index (Phi) is 4.27. The van der Waals surface area contributed by atoms with Crippen molar-refractivity contribution < 1.29 is 9.90 Å². The minimum Gasteiger partial charge on any atom is -0.478 e. The van der Waals surface area contributed by atoms with E-state index in [0.29, 0.717) is 14.9 Å². The predicted molar refractivity (Wildman–Crippen MR) is 74.5 cm³/mol. The smallest absolute Gasteiger partial charge is 0.336 e. The molecule has 0 unspecified atom stereocenters. The van der Waals surface area contributed by atoms with Crippen molar-refractivity contribution in [3.05, 3.63) is 51.6 Å². The second-order valence-electron chi connectivity index (χ2n) is 3.34. The minimum atomic E-state index is -0.985. The van der Waals surface area contributed by atoms with Gasteiger partial charge in [-0.2, -0.15) is 0 Å². The Balaban J connectivity index is 2.42. The zero-order chi connectivity index (χ0) is 13.1. The van der Waals surface area contributed by atoms with Crippen LogP contribution in [0, 0.1) is 0 Å². The van der Waals surface area contributed by atoms with Gasteiger partial charge in [0.05, 0.1) is 10.0 Å². The van der Waals surface area contributed by atoms with Gasteiger partial charge in [0.2, 0.25) is 0 Å². The monoisotopic (exact) mass is 343 g/mol. The third kappa shape index (κ3) is 3.04. The van der Waals surface area contributed by atoms with Crippen molar-refractivity contribution >= 4 is 45.3 Å². The molecule has 92 valence electrons. The van der Waals surface area contributed by atoms with E-state index in [0.717, 1.165) is 4.47 Å². The molecule has 3 nitrogen and oxygen atoms in total. The number of carbonyl (C=O) groups is 1. The van der Waals surface area contributed by atoms with Gasteiger partial charge in [0.1, 0.15) is 5.03 Å². The van der Waals surface area contributed by atoms with Crippen LogP contribution >= 0.6 is 39.3 Å². The van der Waals surface area contributed by atoms with Crippen LogP contribution in [0.25, 0.3) is 0 Å². The van der Waals surface area contributed by atoms with E-state index in [-0.39, 0.29) is 5.56 Å². The summed E-state index contributed by atoms with van der Waals surface area (Å²) in [6.45, 7) is 0. The highest BCUT2D eigenvalue weighted by atomic mass is 79.9. The summed E-state index contributed by atoms with van der Waals surface area (Å²) in [5.41, 5.74) is 0.210. The van der Waals surface area contributed by atoms with Crippen molar-refractivity contribution in [2.24, 2.45) is 0 Å². The number of aromatic carboxylic acids is 1. The van der Waals surface area contributed by atoms with Gasteiger partial charge < -0.3 is 5.11 Å². The number of nitrogens with zero attached hydrogens (tertiary/aromatic N) is 1. The second-order valence-corrected chi connectivity index (χ2v) is 5.66. The van der Waals surface area contributed by atoms with Crippen LogP contribution in [0.2, 0.25) is 5.02 Å². The van der Waals surface area contributed by atoms with E-state index in [2.05, 4.69) is 20.9 Å². The SMILES string of the molecule is O=C(O)c1ccc(Cl)cc1Sc1ncccc1Br. The van der Waals surface area contributed by atoms with Crippen LogP contribution in [0.4, 0.5) is 0 Å². The van der Waals surface area contributed by atoms with Crippen molar-refractivity contribution in [2.75, 3.05) is 0 Å². The lowest BCUT2D eigenvalue weighted by Crippen LogP contribution is -1.98. The van der Waals surface area contributed by atoms with Gasteiger partial charge in [-0.3, -0.25) is 0 Å². The number of hydrogen-bond acceptors (Lipinski definition) is 3. The highest BCUT2D eigenvalue weighted by Gasteiger charge is 2.13. The summed E-state index contributed by atoms with van der Waals surface area (Å²) in [7, 11) is 0. The summed E-state index contributed by atoms with van der Waals surface area (Å²) in [4.78, 5) is 15.9. The number of carboxylic acid groups (broad SMARTS) is 1. The maximum absolute atomic E-state index is 11.1. The third-order valence-corrected chi connectivity index (χ3v) is 4.32. The first-order valence-corrected chi connectivity index (χ1v) is 6.88. The molecule has 0 bridgehead atoms. The van der Waals surface area contributed by atoms with Gasteiger partial charge in [-0.15, -0.1) is 0 Å². The molecule has 0 aliphatic rings. The lowest BCUT2D eigenvalue weighted by molar-refractivity contribution is 0.0693. The van der Waals surface area contributed by atoms with Gasteiger partial charge in [-0.05, 0) is 46.3 Å². The van der Waals surface area contributed by atoms with Crippen LogP contribution < -0.4 is 0 Å². The van der Waals surface area contributed by atoms with E-state index in [1.807, 2.05) is 6.07 Å². The first-order valence-electron chi connectivity index (χ1n) is 4.89. The van der Waals surface area contributed by atoms with Crippen molar-refractivity contribution in [1.29, 1.82) is 0 Å². The van der Waals surface area contributed by atoms with Crippen molar-refractivity contribution in [3.63, 3.8) is 0 Å². The van der Waals surface area contributed by atoms with E-state index in [4.69, 9.17) is 16.7 Å². The van der Waals surface area contributed by atoms with Gasteiger partial charge in [-0.25, -0.2) is 9.78 Å². The number of benzene rings is 1. The molecule has 2 rings (SSSR count). The predicted octanol–water partition coefficient (Wildman–Crippen LogP) is 4.35. The molecule has 0 fully saturated rings. The molecule has 18 heavy (non-hydrogen) atoms. The van der Waals surface area contributed by atoms with Gasteiger partial charge in [0.25, 0.3) is 0 Å². The summed E-state index contributed by atoms with van der Waals surface area (Å²) < 4.78 is 0.811. The molecule has 1 N–H and O–H groups in total. The average Bonchev–Trinajstić information content (AvgIpc) is 2.32. The Morgan fingerprint density at radius 1 is 1.39 bits per heavy atom. The van der Waals surface area contributed by atoms with Crippen LogP contribution in [0.3, 0.4) is 0 Å². The first-order chi connectivity index (χ1) is 8.58. The quantitative estimate of drug-likeness (QED) is 0.899. The molecule has 1 aromatic heterocycles. The van der Waals surface area contributed by atoms with E-state index in [1.165, 1.54) is 17.8 Å². The zero-order valence-electron chi connectivity index (χ0n) is 8.93. The molecular weight excluding hydrogens is 338 g/mol. The van der Waals surface area contributed by atoms with E-state index >= 15 is 0 Å². The maximum Gasteiger partial charge on any atom is 0.336 e. The summed E-state index contributed by atoms with van der Waals surface area (Å²) in [5.74, 6) is -0.985. The highest BCUT2D eigenvalue weighted by molar-refractivity contribution is 9.10. The van der Waals surface area contributed by atoms with Crippen molar-refractivity contribution in [2.45, 2.75) is 9.92 Å². The number of rotatable bonds is 3. The number of pyridine rings is 1. The van der Waals surface area contributed by atoms with Gasteiger partial charge in [0.15, 0.2) is 0 Å². The topological polar surface area (TPSA) is 50.2 Å². The molecule has 0 atom stereocenters. The molecule has 1 heterocycles. The number of halogens is 2. The average molecular weight is 345 g/mol. The van der Waals surface area contributed by atoms with Crippen molar-refractivity contribution in [3.8, 4) is 0 Å². The first kappa shape index (κ1) is 13.4. The highest BCUT2D eigenvalue weighted by Crippen LogP contribution is 2.34. The Morgan fingerprint density at radius 2 is 2.17 bits per heavy atom. The molecule has 0 amide bonds. The van der Waals surface area contributed by atoms with Crippen LogP contribution in [-0.2, 0) is 0 Å². The fraction of sp³-hybridized carbons (Fsp3) is 0. The molecular formula is C12H7BrClNO2S. The van der Waals surface area contributed by atoms with Gasteiger partial charge in [-0.1, -0.05) is 23.4 Å².